The Kier molecular flexibility index (Phi) is 4.11. The van der Waals surface area contributed by atoms with Gasteiger partial charge in [0.1, 0.15) is 5.82 Å². The zero-order chi connectivity index (χ0) is 15.0. The molecule has 116 valence electrons. The van der Waals surface area contributed by atoms with Crippen LogP contribution in [0.15, 0.2) is 6.20 Å². The van der Waals surface area contributed by atoms with Crippen LogP contribution in [0.25, 0.3) is 0 Å². The summed E-state index contributed by atoms with van der Waals surface area (Å²) in [4.78, 5) is 10.8. The van der Waals surface area contributed by atoms with E-state index in [4.69, 9.17) is 0 Å². The zero-order valence-corrected chi connectivity index (χ0v) is 13.1. The molecule has 0 spiro atoms. The Balaban J connectivity index is 1.79. The Labute approximate surface area is 126 Å². The van der Waals surface area contributed by atoms with Gasteiger partial charge in [-0.3, -0.25) is 4.90 Å². The highest BCUT2D eigenvalue weighted by Crippen LogP contribution is 2.34. The van der Waals surface area contributed by atoms with Crippen LogP contribution in [0.2, 0.25) is 0 Å². The number of fused-ring (bicyclic) bond motifs is 1. The van der Waals surface area contributed by atoms with Crippen molar-refractivity contribution < 1.29 is 4.39 Å². The Morgan fingerprint density at radius 1 is 1.43 bits per heavy atom. The Bertz CT molecular complexity index is 505. The smallest absolute Gasteiger partial charge is 0.183 e. The van der Waals surface area contributed by atoms with Crippen LogP contribution in [0.4, 0.5) is 10.2 Å². The summed E-state index contributed by atoms with van der Waals surface area (Å²) in [6.07, 6.45) is 4.92. The molecule has 1 N–H and O–H groups in total. The molecule has 0 aromatic carbocycles. The predicted octanol–water partition coefficient (Wildman–Crippen LogP) is 2.84. The molecule has 0 bridgehead atoms. The third-order valence-corrected chi connectivity index (χ3v) is 5.03. The number of nitrogens with one attached hydrogen (secondary N) is 1. The number of hydrogen-bond donors (Lipinski definition) is 1. The van der Waals surface area contributed by atoms with E-state index >= 15 is 0 Å². The van der Waals surface area contributed by atoms with Gasteiger partial charge in [0.15, 0.2) is 11.6 Å². The fourth-order valence-corrected chi connectivity index (χ4v) is 3.84. The summed E-state index contributed by atoms with van der Waals surface area (Å²) in [5, 5.41) is 3.38. The van der Waals surface area contributed by atoms with Crippen molar-refractivity contribution in [3.05, 3.63) is 17.8 Å². The molecule has 5 heteroatoms. The van der Waals surface area contributed by atoms with Gasteiger partial charge < -0.3 is 5.32 Å². The van der Waals surface area contributed by atoms with Gasteiger partial charge in [0.2, 0.25) is 0 Å². The van der Waals surface area contributed by atoms with Gasteiger partial charge in [-0.1, -0.05) is 13.8 Å². The van der Waals surface area contributed by atoms with Crippen LogP contribution in [0.5, 0.6) is 0 Å². The number of aromatic nitrogens is 2. The lowest BCUT2D eigenvalue weighted by Crippen LogP contribution is -2.51. The molecule has 0 amide bonds. The van der Waals surface area contributed by atoms with Crippen molar-refractivity contribution >= 4 is 5.82 Å². The minimum absolute atomic E-state index is 0.299. The topological polar surface area (TPSA) is 41.1 Å². The Hall–Kier alpha value is -1.23. The molecule has 0 aliphatic carbocycles. The van der Waals surface area contributed by atoms with Crippen LogP contribution in [0.3, 0.4) is 0 Å². The third kappa shape index (κ3) is 3.03. The molecule has 1 aromatic heterocycles. The van der Waals surface area contributed by atoms with Crippen LogP contribution in [-0.2, 0) is 0 Å². The van der Waals surface area contributed by atoms with Gasteiger partial charge in [0.25, 0.3) is 0 Å². The third-order valence-electron chi connectivity index (χ3n) is 5.03. The second-order valence-corrected chi connectivity index (χ2v) is 6.80. The van der Waals surface area contributed by atoms with E-state index in [1.165, 1.54) is 25.6 Å². The molecule has 2 fully saturated rings. The summed E-state index contributed by atoms with van der Waals surface area (Å²) < 4.78 is 13.9. The molecule has 3 atom stereocenters. The molecular formula is C16H25FN4. The molecule has 0 radical (unpaired) electrons. The minimum Gasteiger partial charge on any atom is -0.364 e. The maximum absolute atomic E-state index is 13.9. The Morgan fingerprint density at radius 2 is 2.24 bits per heavy atom. The molecular weight excluding hydrogens is 267 g/mol. The molecule has 1 aromatic rings. The molecule has 2 saturated heterocycles. The molecule has 3 unspecified atom stereocenters. The van der Waals surface area contributed by atoms with Crippen molar-refractivity contribution in [3.63, 3.8) is 0 Å². The zero-order valence-electron chi connectivity index (χ0n) is 13.1. The van der Waals surface area contributed by atoms with Gasteiger partial charge in [0, 0.05) is 18.6 Å². The molecule has 3 rings (SSSR count). The van der Waals surface area contributed by atoms with Crippen molar-refractivity contribution in [3.8, 4) is 0 Å². The first-order chi connectivity index (χ1) is 10.0. The molecule has 2 aliphatic rings. The van der Waals surface area contributed by atoms with E-state index in [0.29, 0.717) is 35.6 Å². The monoisotopic (exact) mass is 292 g/mol. The normalized spacial score (nSPS) is 29.7. The van der Waals surface area contributed by atoms with Crippen molar-refractivity contribution in [2.75, 3.05) is 18.4 Å². The number of anilines is 1. The van der Waals surface area contributed by atoms with E-state index in [-0.39, 0.29) is 5.82 Å². The highest BCUT2D eigenvalue weighted by atomic mass is 19.1. The first-order valence-electron chi connectivity index (χ1n) is 8.04. The van der Waals surface area contributed by atoms with Crippen molar-refractivity contribution in [1.82, 2.24) is 14.9 Å². The van der Waals surface area contributed by atoms with E-state index in [1.54, 1.807) is 6.92 Å². The van der Waals surface area contributed by atoms with E-state index in [1.807, 2.05) is 0 Å². The standard InChI is InChI=1S/C16H25FN4/c1-10(2)13-9-21-6-4-5-12(21)7-15(13)20-16-14(17)8-18-11(3)19-16/h8,10,12-13,15H,4-7,9H2,1-3H3,(H,18,19,20). The molecule has 3 heterocycles. The largest absolute Gasteiger partial charge is 0.364 e. The van der Waals surface area contributed by atoms with Crippen LogP contribution < -0.4 is 5.32 Å². The van der Waals surface area contributed by atoms with E-state index in [0.717, 1.165) is 13.0 Å². The first-order valence-corrected chi connectivity index (χ1v) is 8.04. The number of halogens is 1. The summed E-state index contributed by atoms with van der Waals surface area (Å²) in [6, 6.07) is 0.955. The summed E-state index contributed by atoms with van der Waals surface area (Å²) in [5.41, 5.74) is 0. The molecule has 2 aliphatic heterocycles. The predicted molar refractivity (Wildman–Crippen MR) is 81.7 cm³/mol. The SMILES string of the molecule is Cc1ncc(F)c(NC2CC3CCCN3CC2C(C)C)n1. The fourth-order valence-electron chi connectivity index (χ4n) is 3.84. The van der Waals surface area contributed by atoms with E-state index < -0.39 is 0 Å². The summed E-state index contributed by atoms with van der Waals surface area (Å²) in [5.74, 6) is 1.74. The Morgan fingerprint density at radius 3 is 3.00 bits per heavy atom. The second-order valence-electron chi connectivity index (χ2n) is 6.80. The first kappa shape index (κ1) is 14.7. The van der Waals surface area contributed by atoms with Crippen molar-refractivity contribution in [1.29, 1.82) is 0 Å². The van der Waals surface area contributed by atoms with Crippen LogP contribution in [0, 0.1) is 24.6 Å². The summed E-state index contributed by atoms with van der Waals surface area (Å²) in [7, 11) is 0. The fraction of sp³-hybridized carbons (Fsp3) is 0.750. The maximum Gasteiger partial charge on any atom is 0.183 e. The highest BCUT2D eigenvalue weighted by molar-refractivity contribution is 5.37. The van der Waals surface area contributed by atoms with E-state index in [2.05, 4.69) is 34.0 Å². The van der Waals surface area contributed by atoms with Crippen molar-refractivity contribution in [2.24, 2.45) is 11.8 Å². The van der Waals surface area contributed by atoms with Gasteiger partial charge in [-0.25, -0.2) is 14.4 Å². The average molecular weight is 292 g/mol. The molecule has 21 heavy (non-hydrogen) atoms. The van der Waals surface area contributed by atoms with Gasteiger partial charge in [-0.05, 0) is 44.6 Å². The van der Waals surface area contributed by atoms with Gasteiger partial charge in [-0.15, -0.1) is 0 Å². The quantitative estimate of drug-likeness (QED) is 0.930. The lowest BCUT2D eigenvalue weighted by atomic mass is 9.81. The average Bonchev–Trinajstić information content (AvgIpc) is 2.89. The molecule has 0 saturated carbocycles. The maximum atomic E-state index is 13.9. The van der Waals surface area contributed by atoms with Gasteiger partial charge in [-0.2, -0.15) is 0 Å². The minimum atomic E-state index is -0.350. The number of piperidine rings is 1. The number of nitrogens with zero attached hydrogens (tertiary/aromatic N) is 3. The van der Waals surface area contributed by atoms with Gasteiger partial charge in [0.05, 0.1) is 6.20 Å². The van der Waals surface area contributed by atoms with Gasteiger partial charge >= 0.3 is 0 Å². The van der Waals surface area contributed by atoms with Crippen LogP contribution in [-0.4, -0.2) is 40.0 Å². The number of aryl methyl sites for hydroxylation is 1. The summed E-state index contributed by atoms with van der Waals surface area (Å²) in [6.45, 7) is 8.66. The lowest BCUT2D eigenvalue weighted by Gasteiger charge is -2.43. The van der Waals surface area contributed by atoms with E-state index in [9.17, 15) is 4.39 Å². The molecule has 4 nitrogen and oxygen atoms in total. The second kappa shape index (κ2) is 5.87. The van der Waals surface area contributed by atoms with Crippen LogP contribution >= 0.6 is 0 Å². The van der Waals surface area contributed by atoms with Crippen molar-refractivity contribution in [2.45, 2.75) is 52.1 Å². The summed E-state index contributed by atoms with van der Waals surface area (Å²) >= 11 is 0. The lowest BCUT2D eigenvalue weighted by molar-refractivity contribution is 0.109. The highest BCUT2D eigenvalue weighted by Gasteiger charge is 2.39. The number of hydrogen-bond acceptors (Lipinski definition) is 4. The number of rotatable bonds is 3. The van der Waals surface area contributed by atoms with Crippen LogP contribution in [0.1, 0.15) is 38.9 Å².